The Hall–Kier alpha value is -3.19. The lowest BCUT2D eigenvalue weighted by atomic mass is 10.3. The van der Waals surface area contributed by atoms with E-state index in [1.54, 1.807) is 39.2 Å². The molecule has 11 nitrogen and oxygen atoms in total. The van der Waals surface area contributed by atoms with Crippen LogP contribution in [0, 0.1) is 6.92 Å². The summed E-state index contributed by atoms with van der Waals surface area (Å²) in [5.41, 5.74) is 1.16. The van der Waals surface area contributed by atoms with Crippen LogP contribution in [0.3, 0.4) is 0 Å². The van der Waals surface area contributed by atoms with Gasteiger partial charge < -0.3 is 19.5 Å². The molecule has 1 N–H and O–H groups in total. The molecule has 0 bridgehead atoms. The molecule has 0 radical (unpaired) electrons. The molecule has 0 saturated heterocycles. The van der Waals surface area contributed by atoms with Gasteiger partial charge in [-0.15, -0.1) is 5.10 Å². The average Bonchev–Trinajstić information content (AvgIpc) is 3.38. The Kier molecular flexibility index (Phi) is 7.41. The van der Waals surface area contributed by atoms with Crippen LogP contribution in [0.15, 0.2) is 23.4 Å². The van der Waals surface area contributed by atoms with E-state index >= 15 is 0 Å². The van der Waals surface area contributed by atoms with Crippen LogP contribution in [0.25, 0.3) is 5.69 Å². The molecule has 3 aromatic rings. The number of hydrogen-bond acceptors (Lipinski definition) is 11. The molecule has 0 atom stereocenters. The lowest BCUT2D eigenvalue weighted by Crippen LogP contribution is -2.14. The summed E-state index contributed by atoms with van der Waals surface area (Å²) in [7, 11) is 3.09. The molecule has 0 aliphatic carbocycles. The summed E-state index contributed by atoms with van der Waals surface area (Å²) in [5.74, 6) is 0.383. The standard InChI is InChI=1S/C18H20N6O5S2/c1-5-29-16(26)15-10(2)19-17(31-15)20-14(25)9-30-18-21-22-23-24(18)11-6-7-12(27-3)13(8-11)28-4/h6-8H,5,9H2,1-4H3,(H,19,20,25). The molecular formula is C18H20N6O5S2. The number of carbonyl (C=O) groups excluding carboxylic acids is 2. The van der Waals surface area contributed by atoms with E-state index < -0.39 is 5.97 Å². The largest absolute Gasteiger partial charge is 0.493 e. The summed E-state index contributed by atoms with van der Waals surface area (Å²) in [4.78, 5) is 28.8. The molecule has 0 aliphatic heterocycles. The highest BCUT2D eigenvalue weighted by atomic mass is 32.2. The second-order valence-corrected chi connectivity index (χ2v) is 7.84. The van der Waals surface area contributed by atoms with Gasteiger partial charge >= 0.3 is 5.97 Å². The molecule has 1 amide bonds. The molecule has 164 valence electrons. The van der Waals surface area contributed by atoms with Crippen molar-refractivity contribution < 1.29 is 23.8 Å². The number of amides is 1. The Balaban J connectivity index is 1.66. The highest BCUT2D eigenvalue weighted by Gasteiger charge is 2.18. The van der Waals surface area contributed by atoms with Crippen LogP contribution in [0.1, 0.15) is 22.3 Å². The normalized spacial score (nSPS) is 10.6. The molecular weight excluding hydrogens is 444 g/mol. The van der Waals surface area contributed by atoms with Gasteiger partial charge in [0.15, 0.2) is 16.6 Å². The zero-order chi connectivity index (χ0) is 22.4. The lowest BCUT2D eigenvalue weighted by molar-refractivity contribution is -0.113. The first-order valence-electron chi connectivity index (χ1n) is 9.04. The van der Waals surface area contributed by atoms with Crippen LogP contribution in [-0.4, -0.2) is 63.6 Å². The van der Waals surface area contributed by atoms with E-state index in [-0.39, 0.29) is 18.3 Å². The first-order chi connectivity index (χ1) is 15.0. The van der Waals surface area contributed by atoms with Crippen molar-refractivity contribution in [3.63, 3.8) is 0 Å². The molecule has 31 heavy (non-hydrogen) atoms. The number of carbonyl (C=O) groups is 2. The SMILES string of the molecule is CCOC(=O)c1sc(NC(=O)CSc2nnnn2-c2ccc(OC)c(OC)c2)nc1C. The molecule has 0 spiro atoms. The molecule has 2 heterocycles. The van der Waals surface area contributed by atoms with Gasteiger partial charge in [-0.1, -0.05) is 23.1 Å². The topological polar surface area (TPSA) is 130 Å². The maximum absolute atomic E-state index is 12.4. The summed E-state index contributed by atoms with van der Waals surface area (Å²) in [6.07, 6.45) is 0. The van der Waals surface area contributed by atoms with E-state index in [0.29, 0.717) is 38.0 Å². The Bertz CT molecular complexity index is 1080. The maximum Gasteiger partial charge on any atom is 0.350 e. The number of thioether (sulfide) groups is 1. The van der Waals surface area contributed by atoms with Crippen molar-refractivity contribution >= 4 is 40.1 Å². The van der Waals surface area contributed by atoms with Gasteiger partial charge in [-0.25, -0.2) is 9.78 Å². The fourth-order valence-corrected chi connectivity index (χ4v) is 4.08. The summed E-state index contributed by atoms with van der Waals surface area (Å²) in [6, 6.07) is 5.24. The van der Waals surface area contributed by atoms with Gasteiger partial charge in [-0.05, 0) is 36.4 Å². The van der Waals surface area contributed by atoms with Crippen LogP contribution < -0.4 is 14.8 Å². The molecule has 13 heteroatoms. The first kappa shape index (κ1) is 22.5. The Labute approximate surface area is 186 Å². The molecule has 1 aromatic carbocycles. The summed E-state index contributed by atoms with van der Waals surface area (Å²) in [6.45, 7) is 3.68. The number of benzene rings is 1. The number of esters is 1. The van der Waals surface area contributed by atoms with E-state index in [1.807, 2.05) is 0 Å². The number of aromatic nitrogens is 5. The Morgan fingerprint density at radius 1 is 1.23 bits per heavy atom. The minimum atomic E-state index is -0.457. The maximum atomic E-state index is 12.4. The second kappa shape index (κ2) is 10.2. The lowest BCUT2D eigenvalue weighted by Gasteiger charge is -2.10. The van der Waals surface area contributed by atoms with E-state index in [2.05, 4.69) is 25.8 Å². The van der Waals surface area contributed by atoms with Gasteiger partial charge in [0.2, 0.25) is 11.1 Å². The van der Waals surface area contributed by atoms with Crippen LogP contribution in [0.5, 0.6) is 11.5 Å². The van der Waals surface area contributed by atoms with E-state index in [4.69, 9.17) is 14.2 Å². The van der Waals surface area contributed by atoms with Gasteiger partial charge in [-0.3, -0.25) is 4.79 Å². The molecule has 0 aliphatic rings. The second-order valence-electron chi connectivity index (χ2n) is 5.90. The third kappa shape index (κ3) is 5.30. The number of rotatable bonds is 9. The van der Waals surface area contributed by atoms with Crippen LogP contribution in [-0.2, 0) is 9.53 Å². The number of aryl methyl sites for hydroxylation is 1. The van der Waals surface area contributed by atoms with Crippen molar-refractivity contribution in [2.24, 2.45) is 0 Å². The van der Waals surface area contributed by atoms with Crippen molar-refractivity contribution in [2.75, 3.05) is 31.9 Å². The number of ether oxygens (including phenoxy) is 3. The fourth-order valence-electron chi connectivity index (χ4n) is 2.51. The molecule has 0 saturated carbocycles. The minimum absolute atomic E-state index is 0.0427. The fraction of sp³-hybridized carbons (Fsp3) is 0.333. The zero-order valence-corrected chi connectivity index (χ0v) is 18.9. The van der Waals surface area contributed by atoms with Crippen LogP contribution in [0.4, 0.5) is 5.13 Å². The van der Waals surface area contributed by atoms with E-state index in [9.17, 15) is 9.59 Å². The van der Waals surface area contributed by atoms with Gasteiger partial charge in [-0.2, -0.15) is 4.68 Å². The number of thiazole rings is 1. The minimum Gasteiger partial charge on any atom is -0.493 e. The molecule has 2 aromatic heterocycles. The van der Waals surface area contributed by atoms with E-state index in [0.717, 1.165) is 23.1 Å². The van der Waals surface area contributed by atoms with Crippen molar-refractivity contribution in [1.82, 2.24) is 25.2 Å². The van der Waals surface area contributed by atoms with Crippen molar-refractivity contribution in [3.05, 3.63) is 28.8 Å². The van der Waals surface area contributed by atoms with Gasteiger partial charge in [0, 0.05) is 6.07 Å². The monoisotopic (exact) mass is 464 g/mol. The summed E-state index contributed by atoms with van der Waals surface area (Å²) < 4.78 is 17.0. The quantitative estimate of drug-likeness (QED) is 0.372. The number of tetrazole rings is 1. The summed E-state index contributed by atoms with van der Waals surface area (Å²) >= 11 is 2.22. The first-order valence-corrected chi connectivity index (χ1v) is 10.8. The number of nitrogens with zero attached hydrogens (tertiary/aromatic N) is 5. The van der Waals surface area contributed by atoms with Crippen molar-refractivity contribution in [2.45, 2.75) is 19.0 Å². The average molecular weight is 465 g/mol. The molecule has 0 unspecified atom stereocenters. The van der Waals surface area contributed by atoms with E-state index in [1.165, 1.54) is 11.8 Å². The van der Waals surface area contributed by atoms with Gasteiger partial charge in [0.05, 0.1) is 38.0 Å². The predicted molar refractivity (Wildman–Crippen MR) is 114 cm³/mol. The summed E-state index contributed by atoms with van der Waals surface area (Å²) in [5, 5.41) is 15.1. The van der Waals surface area contributed by atoms with Crippen molar-refractivity contribution in [1.29, 1.82) is 0 Å². The Morgan fingerprint density at radius 3 is 2.71 bits per heavy atom. The number of anilines is 1. The van der Waals surface area contributed by atoms with Gasteiger partial charge in [0.25, 0.3) is 0 Å². The predicted octanol–water partition coefficient (Wildman–Crippen LogP) is 2.35. The van der Waals surface area contributed by atoms with Crippen LogP contribution >= 0.6 is 23.1 Å². The van der Waals surface area contributed by atoms with Crippen LogP contribution in [0.2, 0.25) is 0 Å². The highest BCUT2D eigenvalue weighted by molar-refractivity contribution is 7.99. The third-order valence-corrected chi connectivity index (χ3v) is 5.86. The molecule has 0 fully saturated rings. The van der Waals surface area contributed by atoms with Gasteiger partial charge in [0.1, 0.15) is 4.88 Å². The number of hydrogen-bond donors (Lipinski definition) is 1. The van der Waals surface area contributed by atoms with Crippen molar-refractivity contribution in [3.8, 4) is 17.2 Å². The number of methoxy groups -OCH3 is 2. The Morgan fingerprint density at radius 2 is 2.00 bits per heavy atom. The zero-order valence-electron chi connectivity index (χ0n) is 17.2. The smallest absolute Gasteiger partial charge is 0.350 e. The molecule has 3 rings (SSSR count). The highest BCUT2D eigenvalue weighted by Crippen LogP contribution is 2.30. The number of nitrogens with one attached hydrogen (secondary N) is 1. The third-order valence-electron chi connectivity index (χ3n) is 3.89.